The maximum absolute atomic E-state index is 6.34. The maximum Gasteiger partial charge on any atom is 0.247 e. The zero-order valence-corrected chi connectivity index (χ0v) is 16.3. The summed E-state index contributed by atoms with van der Waals surface area (Å²) in [6.07, 6.45) is 4.08. The molecule has 6 heteroatoms. The van der Waals surface area contributed by atoms with Gasteiger partial charge in [-0.3, -0.25) is 4.98 Å². The molecule has 0 spiro atoms. The van der Waals surface area contributed by atoms with Crippen LogP contribution in [0.25, 0.3) is 22.4 Å². The number of nitrogens with zero attached hydrogens (tertiary/aromatic N) is 3. The highest BCUT2D eigenvalue weighted by Gasteiger charge is 2.60. The van der Waals surface area contributed by atoms with Crippen molar-refractivity contribution in [1.29, 1.82) is 0 Å². The number of para-hydroxylation sites is 1. The van der Waals surface area contributed by atoms with E-state index < -0.39 is 0 Å². The Balaban J connectivity index is 1.14. The highest BCUT2D eigenvalue weighted by molar-refractivity contribution is 6.30. The number of hydrogen-bond acceptors (Lipinski definition) is 5. The van der Waals surface area contributed by atoms with Crippen LogP contribution in [0.3, 0.4) is 0 Å². The largest absolute Gasteiger partial charge is 0.490 e. The van der Waals surface area contributed by atoms with Crippen LogP contribution in [0, 0.1) is 11.8 Å². The number of ether oxygens (including phenoxy) is 1. The normalized spacial score (nSPS) is 25.1. The SMILES string of the molecule is Clc1ccc(-c2nnc(C3C4CC(Oc5ccnc6ccccc56)CC43)o2)cc1. The summed E-state index contributed by atoms with van der Waals surface area (Å²) >= 11 is 5.95. The van der Waals surface area contributed by atoms with E-state index in [1.54, 1.807) is 0 Å². The van der Waals surface area contributed by atoms with Gasteiger partial charge in [-0.1, -0.05) is 23.7 Å². The lowest BCUT2D eigenvalue weighted by molar-refractivity contribution is 0.192. The molecule has 144 valence electrons. The predicted octanol–water partition coefficient (Wildman–Crippen LogP) is 5.51. The van der Waals surface area contributed by atoms with E-state index in [0.29, 0.717) is 28.7 Å². The number of rotatable bonds is 4. The number of benzene rings is 2. The lowest BCUT2D eigenvalue weighted by atomic mass is 10.1. The summed E-state index contributed by atoms with van der Waals surface area (Å²) in [6.45, 7) is 0. The molecule has 5 nitrogen and oxygen atoms in total. The van der Waals surface area contributed by atoms with Crippen molar-refractivity contribution in [3.8, 4) is 17.2 Å². The molecule has 6 rings (SSSR count). The Bertz CT molecular complexity index is 1170. The molecule has 0 aliphatic heterocycles. The first-order chi connectivity index (χ1) is 14.3. The number of aromatic nitrogens is 3. The highest BCUT2D eigenvalue weighted by Crippen LogP contribution is 2.63. The van der Waals surface area contributed by atoms with Crippen LogP contribution in [0.1, 0.15) is 24.7 Å². The number of hydrogen-bond donors (Lipinski definition) is 0. The third kappa shape index (κ3) is 2.97. The second-order valence-electron chi connectivity index (χ2n) is 7.84. The molecular formula is C23H18ClN3O2. The van der Waals surface area contributed by atoms with Gasteiger partial charge in [-0.25, -0.2) is 0 Å². The Morgan fingerprint density at radius 3 is 2.55 bits per heavy atom. The molecule has 0 N–H and O–H groups in total. The number of halogens is 1. The molecule has 2 heterocycles. The van der Waals surface area contributed by atoms with E-state index in [2.05, 4.69) is 21.2 Å². The van der Waals surface area contributed by atoms with Gasteiger partial charge < -0.3 is 9.15 Å². The zero-order chi connectivity index (χ0) is 19.4. The second-order valence-corrected chi connectivity index (χ2v) is 8.28. The van der Waals surface area contributed by atoms with Crippen molar-refractivity contribution in [3.05, 3.63) is 71.7 Å². The molecule has 2 atom stereocenters. The average Bonchev–Trinajstić information content (AvgIpc) is 3.11. The van der Waals surface area contributed by atoms with Gasteiger partial charge >= 0.3 is 0 Å². The Labute approximate surface area is 172 Å². The molecule has 2 aliphatic rings. The molecule has 2 aromatic carbocycles. The van der Waals surface area contributed by atoms with Crippen molar-refractivity contribution in [3.63, 3.8) is 0 Å². The molecular weight excluding hydrogens is 386 g/mol. The van der Waals surface area contributed by atoms with Gasteiger partial charge in [0.25, 0.3) is 0 Å². The second kappa shape index (κ2) is 6.56. The Hall–Kier alpha value is -2.92. The van der Waals surface area contributed by atoms with E-state index >= 15 is 0 Å². The molecule has 4 aromatic rings. The predicted molar refractivity (Wildman–Crippen MR) is 110 cm³/mol. The number of fused-ring (bicyclic) bond motifs is 2. The number of pyridine rings is 1. The maximum atomic E-state index is 6.34. The highest BCUT2D eigenvalue weighted by atomic mass is 35.5. The van der Waals surface area contributed by atoms with E-state index in [4.69, 9.17) is 20.8 Å². The average molecular weight is 404 g/mol. The first kappa shape index (κ1) is 17.0. The van der Waals surface area contributed by atoms with Crippen molar-refractivity contribution in [1.82, 2.24) is 15.2 Å². The lowest BCUT2D eigenvalue weighted by Crippen LogP contribution is -2.15. The molecule has 0 radical (unpaired) electrons. The van der Waals surface area contributed by atoms with Crippen LogP contribution in [-0.4, -0.2) is 21.3 Å². The van der Waals surface area contributed by atoms with Gasteiger partial charge in [0.15, 0.2) is 0 Å². The summed E-state index contributed by atoms with van der Waals surface area (Å²) < 4.78 is 12.3. The third-order valence-corrected chi connectivity index (χ3v) is 6.37. The minimum absolute atomic E-state index is 0.228. The van der Waals surface area contributed by atoms with Crippen LogP contribution < -0.4 is 4.74 Å². The van der Waals surface area contributed by atoms with Crippen LogP contribution in [0.2, 0.25) is 5.02 Å². The van der Waals surface area contributed by atoms with Gasteiger partial charge in [-0.15, -0.1) is 10.2 Å². The van der Waals surface area contributed by atoms with Gasteiger partial charge in [0, 0.05) is 28.1 Å². The Morgan fingerprint density at radius 2 is 1.72 bits per heavy atom. The molecule has 2 fully saturated rings. The van der Waals surface area contributed by atoms with Crippen molar-refractivity contribution < 1.29 is 9.15 Å². The molecule has 0 amide bonds. The summed E-state index contributed by atoms with van der Waals surface area (Å²) in [5.41, 5.74) is 1.86. The van der Waals surface area contributed by atoms with Crippen LogP contribution >= 0.6 is 11.6 Å². The van der Waals surface area contributed by atoms with Crippen molar-refractivity contribution in [2.75, 3.05) is 0 Å². The van der Waals surface area contributed by atoms with E-state index in [0.717, 1.165) is 40.9 Å². The van der Waals surface area contributed by atoms with Crippen LogP contribution in [0.5, 0.6) is 5.75 Å². The summed E-state index contributed by atoms with van der Waals surface area (Å²) in [5.74, 6) is 3.70. The minimum atomic E-state index is 0.228. The minimum Gasteiger partial charge on any atom is -0.490 e. The van der Waals surface area contributed by atoms with E-state index in [1.807, 2.05) is 54.7 Å². The molecule has 2 aliphatic carbocycles. The van der Waals surface area contributed by atoms with Gasteiger partial charge in [-0.05, 0) is 67.1 Å². The van der Waals surface area contributed by atoms with Crippen LogP contribution in [-0.2, 0) is 0 Å². The van der Waals surface area contributed by atoms with Gasteiger partial charge in [0.05, 0.1) is 11.6 Å². The van der Waals surface area contributed by atoms with Crippen molar-refractivity contribution in [2.45, 2.75) is 24.9 Å². The van der Waals surface area contributed by atoms with Crippen LogP contribution in [0.4, 0.5) is 0 Å². The zero-order valence-electron chi connectivity index (χ0n) is 15.5. The summed E-state index contributed by atoms with van der Waals surface area (Å²) in [6, 6.07) is 17.5. The van der Waals surface area contributed by atoms with Gasteiger partial charge in [-0.2, -0.15) is 0 Å². The molecule has 0 bridgehead atoms. The molecule has 2 aromatic heterocycles. The first-order valence-electron chi connectivity index (χ1n) is 9.86. The topological polar surface area (TPSA) is 61.0 Å². The van der Waals surface area contributed by atoms with Crippen molar-refractivity contribution >= 4 is 22.5 Å². The van der Waals surface area contributed by atoms with E-state index in [-0.39, 0.29) is 6.10 Å². The Morgan fingerprint density at radius 1 is 0.931 bits per heavy atom. The standard InChI is InChI=1S/C23H18ClN3O2/c24-14-7-5-13(6-8-14)22-26-27-23(29-22)21-17-11-15(12-18(17)21)28-20-9-10-25-19-4-2-1-3-16(19)20/h1-10,15,17-18,21H,11-12H2. The summed E-state index contributed by atoms with van der Waals surface area (Å²) in [4.78, 5) is 4.41. The van der Waals surface area contributed by atoms with Crippen LogP contribution in [0.15, 0.2) is 65.2 Å². The van der Waals surface area contributed by atoms with E-state index in [9.17, 15) is 0 Å². The fourth-order valence-corrected chi connectivity index (χ4v) is 4.81. The Kier molecular flexibility index (Phi) is 3.84. The summed E-state index contributed by atoms with van der Waals surface area (Å²) in [7, 11) is 0. The summed E-state index contributed by atoms with van der Waals surface area (Å²) in [5, 5.41) is 10.3. The first-order valence-corrected chi connectivity index (χ1v) is 10.2. The van der Waals surface area contributed by atoms with Gasteiger partial charge in [0.1, 0.15) is 5.75 Å². The lowest BCUT2D eigenvalue weighted by Gasteiger charge is -2.17. The van der Waals surface area contributed by atoms with Gasteiger partial charge in [0.2, 0.25) is 11.8 Å². The fraction of sp³-hybridized carbons (Fsp3) is 0.261. The van der Waals surface area contributed by atoms with E-state index in [1.165, 1.54) is 0 Å². The molecule has 29 heavy (non-hydrogen) atoms. The molecule has 2 unspecified atom stereocenters. The molecule has 0 saturated heterocycles. The molecule has 2 saturated carbocycles. The third-order valence-electron chi connectivity index (χ3n) is 6.12. The monoisotopic (exact) mass is 403 g/mol. The smallest absolute Gasteiger partial charge is 0.247 e. The van der Waals surface area contributed by atoms with Crippen molar-refractivity contribution in [2.24, 2.45) is 11.8 Å². The quantitative estimate of drug-likeness (QED) is 0.449. The fourth-order valence-electron chi connectivity index (χ4n) is 4.68.